The highest BCUT2D eigenvalue weighted by atomic mass is 32.1. The first-order valence-corrected chi connectivity index (χ1v) is 9.92. The average molecular weight is 407 g/mol. The van der Waals surface area contributed by atoms with E-state index in [1.54, 1.807) is 41.3 Å². The predicted molar refractivity (Wildman–Crippen MR) is 110 cm³/mol. The summed E-state index contributed by atoms with van der Waals surface area (Å²) in [4.78, 5) is 24.2. The van der Waals surface area contributed by atoms with Crippen molar-refractivity contribution in [3.8, 4) is 21.8 Å². The van der Waals surface area contributed by atoms with E-state index in [0.717, 1.165) is 10.6 Å². The summed E-state index contributed by atoms with van der Waals surface area (Å²) < 4.78 is 6.99. The number of hydrogen-bond donors (Lipinski definition) is 1. The zero-order valence-corrected chi connectivity index (χ0v) is 16.3. The summed E-state index contributed by atoms with van der Waals surface area (Å²) in [5, 5.41) is 15.9. The van der Waals surface area contributed by atoms with Crippen LogP contribution < -0.4 is 4.90 Å². The van der Waals surface area contributed by atoms with E-state index in [0.29, 0.717) is 35.8 Å². The Morgan fingerprint density at radius 3 is 2.83 bits per heavy atom. The Morgan fingerprint density at radius 1 is 1.24 bits per heavy atom. The first-order valence-electron chi connectivity index (χ1n) is 9.04. The maximum atomic E-state index is 11.7. The highest BCUT2D eigenvalue weighted by Gasteiger charge is 2.28. The van der Waals surface area contributed by atoms with Gasteiger partial charge < -0.3 is 14.7 Å². The van der Waals surface area contributed by atoms with Gasteiger partial charge in [-0.05, 0) is 29.6 Å². The molecule has 146 valence electrons. The molecule has 1 aliphatic rings. The van der Waals surface area contributed by atoms with Crippen LogP contribution in [0.3, 0.4) is 0 Å². The minimum atomic E-state index is -0.998. The molecule has 1 fully saturated rings. The zero-order valence-electron chi connectivity index (χ0n) is 15.5. The highest BCUT2D eigenvalue weighted by molar-refractivity contribution is 7.13. The fraction of sp³-hybridized carbons (Fsp3) is 0.200. The molecule has 0 saturated carbocycles. The van der Waals surface area contributed by atoms with E-state index in [1.165, 1.54) is 0 Å². The van der Waals surface area contributed by atoms with Crippen LogP contribution >= 0.6 is 11.3 Å². The minimum Gasteiger partial charge on any atom is -0.478 e. The molecule has 0 aromatic carbocycles. The summed E-state index contributed by atoms with van der Waals surface area (Å²) in [5.74, 6) is -0.385. The molecule has 0 unspecified atom stereocenters. The van der Waals surface area contributed by atoms with Crippen LogP contribution in [-0.4, -0.2) is 57.0 Å². The Balaban J connectivity index is 1.61. The van der Waals surface area contributed by atoms with Gasteiger partial charge in [0, 0.05) is 26.4 Å². The third-order valence-corrected chi connectivity index (χ3v) is 5.88. The van der Waals surface area contributed by atoms with E-state index in [9.17, 15) is 9.90 Å². The molecule has 0 bridgehead atoms. The lowest BCUT2D eigenvalue weighted by atomic mass is 10.1. The molecule has 5 heterocycles. The molecule has 0 spiro atoms. The molecule has 0 amide bonds. The Hall–Kier alpha value is -3.30. The summed E-state index contributed by atoms with van der Waals surface area (Å²) in [6.07, 6.45) is 3.66. The molecule has 1 N–H and O–H groups in total. The number of hydrogen-bond acceptors (Lipinski definition) is 7. The molecular formula is C20H17N5O3S. The normalized spacial score (nSPS) is 14.3. The minimum absolute atomic E-state index is 0.140. The van der Waals surface area contributed by atoms with Crippen LogP contribution in [0.4, 0.5) is 5.82 Å². The number of rotatable bonds is 5. The summed E-state index contributed by atoms with van der Waals surface area (Å²) >= 11 is 1.61. The van der Waals surface area contributed by atoms with E-state index in [4.69, 9.17) is 14.7 Å². The van der Waals surface area contributed by atoms with Gasteiger partial charge in [0.05, 0.1) is 39.7 Å². The van der Waals surface area contributed by atoms with Crippen LogP contribution in [-0.2, 0) is 4.74 Å². The number of nitrogens with zero attached hydrogens (tertiary/aromatic N) is 5. The van der Waals surface area contributed by atoms with Gasteiger partial charge in [0.1, 0.15) is 5.82 Å². The largest absolute Gasteiger partial charge is 0.478 e. The molecule has 4 aromatic rings. The van der Waals surface area contributed by atoms with E-state index < -0.39 is 5.97 Å². The van der Waals surface area contributed by atoms with Gasteiger partial charge in [-0.25, -0.2) is 19.3 Å². The van der Waals surface area contributed by atoms with Crippen LogP contribution in [0, 0.1) is 0 Å². The lowest BCUT2D eigenvalue weighted by Crippen LogP contribution is -2.52. The molecule has 0 atom stereocenters. The number of aromatic carboxylic acids is 1. The van der Waals surface area contributed by atoms with E-state index in [-0.39, 0.29) is 11.7 Å². The standard InChI is InChI=1S/C20H17N5O3S/c1-28-13-10-24(11-13)18-8-12(20(26)27)7-16(22-18)14-9-21-25-5-4-15(23-19(14)25)17-3-2-6-29-17/h2-9,13H,10-11H2,1H3,(H,26,27). The monoisotopic (exact) mass is 407 g/mol. The number of pyridine rings is 1. The topological polar surface area (TPSA) is 92.8 Å². The molecule has 4 aromatic heterocycles. The van der Waals surface area contributed by atoms with Crippen molar-refractivity contribution in [2.24, 2.45) is 0 Å². The number of ether oxygens (including phenoxy) is 1. The number of carboxylic acids is 1. The van der Waals surface area contributed by atoms with Crippen LogP contribution in [0.1, 0.15) is 10.4 Å². The quantitative estimate of drug-likeness (QED) is 0.543. The Kier molecular flexibility index (Phi) is 4.26. The number of anilines is 1. The third kappa shape index (κ3) is 3.14. The number of carbonyl (C=O) groups is 1. The van der Waals surface area contributed by atoms with Gasteiger partial charge in [-0.15, -0.1) is 11.3 Å². The van der Waals surface area contributed by atoms with E-state index in [1.807, 2.05) is 34.7 Å². The van der Waals surface area contributed by atoms with Crippen LogP contribution in [0.5, 0.6) is 0 Å². The van der Waals surface area contributed by atoms with Gasteiger partial charge >= 0.3 is 5.97 Å². The van der Waals surface area contributed by atoms with Crippen molar-refractivity contribution >= 4 is 28.8 Å². The number of fused-ring (bicyclic) bond motifs is 1. The van der Waals surface area contributed by atoms with E-state index >= 15 is 0 Å². The summed E-state index contributed by atoms with van der Waals surface area (Å²) in [5.41, 5.74) is 2.88. The number of aromatic nitrogens is 4. The average Bonchev–Trinajstić information content (AvgIpc) is 3.36. The van der Waals surface area contributed by atoms with Crippen molar-refractivity contribution in [1.82, 2.24) is 19.6 Å². The Bertz CT molecular complexity index is 1200. The van der Waals surface area contributed by atoms with Crippen molar-refractivity contribution in [3.63, 3.8) is 0 Å². The second kappa shape index (κ2) is 6.94. The van der Waals surface area contributed by atoms with Gasteiger partial charge in [-0.2, -0.15) is 5.10 Å². The molecular weight excluding hydrogens is 390 g/mol. The van der Waals surface area contributed by atoms with Crippen molar-refractivity contribution in [1.29, 1.82) is 0 Å². The molecule has 8 nitrogen and oxygen atoms in total. The van der Waals surface area contributed by atoms with Gasteiger partial charge in [0.25, 0.3) is 0 Å². The molecule has 1 aliphatic heterocycles. The first-order chi connectivity index (χ1) is 14.1. The number of methoxy groups -OCH3 is 1. The summed E-state index contributed by atoms with van der Waals surface area (Å²) in [6, 6.07) is 9.06. The Morgan fingerprint density at radius 2 is 2.10 bits per heavy atom. The summed E-state index contributed by atoms with van der Waals surface area (Å²) in [7, 11) is 1.67. The maximum absolute atomic E-state index is 11.7. The number of thiophene rings is 1. The fourth-order valence-electron chi connectivity index (χ4n) is 3.32. The number of carboxylic acid groups (broad SMARTS) is 1. The van der Waals surface area contributed by atoms with Crippen LogP contribution in [0.15, 0.2) is 48.1 Å². The second-order valence-electron chi connectivity index (χ2n) is 6.78. The third-order valence-electron chi connectivity index (χ3n) is 4.98. The maximum Gasteiger partial charge on any atom is 0.335 e. The smallest absolute Gasteiger partial charge is 0.335 e. The lowest BCUT2D eigenvalue weighted by molar-refractivity contribution is 0.0696. The van der Waals surface area contributed by atoms with Gasteiger partial charge in [0.15, 0.2) is 5.65 Å². The summed E-state index contributed by atoms with van der Waals surface area (Å²) in [6.45, 7) is 1.36. The van der Waals surface area contributed by atoms with Gasteiger partial charge in [0.2, 0.25) is 0 Å². The zero-order chi connectivity index (χ0) is 20.0. The molecule has 5 rings (SSSR count). The molecule has 0 aliphatic carbocycles. The van der Waals surface area contributed by atoms with Crippen LogP contribution in [0.25, 0.3) is 27.5 Å². The van der Waals surface area contributed by atoms with E-state index in [2.05, 4.69) is 5.10 Å². The SMILES string of the molecule is COC1CN(c2cc(C(=O)O)cc(-c3cnn4ccc(-c5cccs5)nc34)n2)C1. The predicted octanol–water partition coefficient (Wildman–Crippen LogP) is 3.05. The Labute approximate surface area is 170 Å². The molecule has 0 radical (unpaired) electrons. The molecule has 29 heavy (non-hydrogen) atoms. The van der Waals surface area contributed by atoms with Crippen molar-refractivity contribution in [2.75, 3.05) is 25.1 Å². The van der Waals surface area contributed by atoms with Crippen molar-refractivity contribution in [2.45, 2.75) is 6.10 Å². The van der Waals surface area contributed by atoms with Crippen LogP contribution in [0.2, 0.25) is 0 Å². The van der Waals surface area contributed by atoms with Crippen molar-refractivity contribution in [3.05, 3.63) is 53.7 Å². The fourth-order valence-corrected chi connectivity index (χ4v) is 4.02. The second-order valence-corrected chi connectivity index (χ2v) is 7.73. The van der Waals surface area contributed by atoms with Gasteiger partial charge in [-0.3, -0.25) is 0 Å². The first kappa shape index (κ1) is 17.8. The lowest BCUT2D eigenvalue weighted by Gasteiger charge is -2.39. The molecule has 9 heteroatoms. The highest BCUT2D eigenvalue weighted by Crippen LogP contribution is 2.30. The van der Waals surface area contributed by atoms with Gasteiger partial charge in [-0.1, -0.05) is 6.07 Å². The molecule has 1 saturated heterocycles. The van der Waals surface area contributed by atoms with Crippen molar-refractivity contribution < 1.29 is 14.6 Å².